The summed E-state index contributed by atoms with van der Waals surface area (Å²) in [4.78, 5) is 11.6. The van der Waals surface area contributed by atoms with E-state index >= 15 is 0 Å². The Bertz CT molecular complexity index is 417. The van der Waals surface area contributed by atoms with E-state index in [1.807, 2.05) is 32.0 Å². The molecule has 1 aromatic carbocycles. The van der Waals surface area contributed by atoms with Crippen LogP contribution < -0.4 is 16.1 Å². The highest BCUT2D eigenvalue weighted by Gasteiger charge is 2.05. The maximum atomic E-state index is 11.6. The fraction of sp³-hybridized carbons (Fsp3) is 0.333. The molecule has 0 aliphatic rings. The molecule has 0 bridgehead atoms. The Morgan fingerprint density at radius 2 is 2.00 bits per heavy atom. The molecule has 106 valence electrons. The van der Waals surface area contributed by atoms with Gasteiger partial charge in [-0.3, -0.25) is 5.32 Å². The van der Waals surface area contributed by atoms with Crippen LogP contribution in [0.3, 0.4) is 0 Å². The molecular formula is C12H18Cl2N4O. The zero-order chi connectivity index (χ0) is 13.4. The van der Waals surface area contributed by atoms with Crippen LogP contribution in [0.2, 0.25) is 0 Å². The van der Waals surface area contributed by atoms with Gasteiger partial charge in [0.25, 0.3) is 0 Å². The lowest BCUT2D eigenvalue weighted by molar-refractivity contribution is 0.256. The number of aryl methyl sites for hydroxylation is 2. The molecule has 0 aromatic heterocycles. The summed E-state index contributed by atoms with van der Waals surface area (Å²) in [5.41, 5.74) is 5.52. The SMILES string of the molecule is Cc1cccc(C)c1NC(=O)NC=NNCCCl.Cl. The van der Waals surface area contributed by atoms with E-state index < -0.39 is 0 Å². The number of rotatable bonds is 5. The highest BCUT2D eigenvalue weighted by atomic mass is 35.5. The van der Waals surface area contributed by atoms with Gasteiger partial charge in [0.05, 0.1) is 0 Å². The fourth-order valence-electron chi connectivity index (χ4n) is 1.40. The third-order valence-electron chi connectivity index (χ3n) is 2.28. The number of halogens is 2. The molecular weight excluding hydrogens is 287 g/mol. The number of para-hydroxylation sites is 1. The van der Waals surface area contributed by atoms with Crippen molar-refractivity contribution in [3.8, 4) is 0 Å². The number of alkyl halides is 1. The number of urea groups is 1. The van der Waals surface area contributed by atoms with Crippen molar-refractivity contribution in [2.45, 2.75) is 13.8 Å². The van der Waals surface area contributed by atoms with E-state index in [4.69, 9.17) is 11.6 Å². The Morgan fingerprint density at radius 3 is 2.58 bits per heavy atom. The molecule has 0 heterocycles. The lowest BCUT2D eigenvalue weighted by atomic mass is 10.1. The molecule has 0 radical (unpaired) electrons. The third-order valence-corrected chi connectivity index (χ3v) is 2.47. The van der Waals surface area contributed by atoms with Crippen LogP contribution in [0.5, 0.6) is 0 Å². The quantitative estimate of drug-likeness (QED) is 0.257. The van der Waals surface area contributed by atoms with E-state index in [0.717, 1.165) is 16.8 Å². The molecule has 5 nitrogen and oxygen atoms in total. The van der Waals surface area contributed by atoms with Gasteiger partial charge in [0.1, 0.15) is 6.34 Å². The first-order valence-electron chi connectivity index (χ1n) is 5.59. The van der Waals surface area contributed by atoms with E-state index in [9.17, 15) is 4.79 Å². The van der Waals surface area contributed by atoms with E-state index in [2.05, 4.69) is 21.2 Å². The normalized spacial score (nSPS) is 9.84. The summed E-state index contributed by atoms with van der Waals surface area (Å²) in [5, 5.41) is 9.03. The molecule has 0 aliphatic carbocycles. The van der Waals surface area contributed by atoms with Crippen molar-refractivity contribution in [3.05, 3.63) is 29.3 Å². The van der Waals surface area contributed by atoms with Crippen molar-refractivity contribution in [2.24, 2.45) is 5.10 Å². The molecule has 7 heteroatoms. The van der Waals surface area contributed by atoms with Gasteiger partial charge in [-0.15, -0.1) is 24.0 Å². The monoisotopic (exact) mass is 304 g/mol. The molecule has 2 amide bonds. The van der Waals surface area contributed by atoms with Crippen molar-refractivity contribution in [3.63, 3.8) is 0 Å². The summed E-state index contributed by atoms with van der Waals surface area (Å²) in [7, 11) is 0. The number of nitrogens with one attached hydrogen (secondary N) is 3. The maximum absolute atomic E-state index is 11.6. The van der Waals surface area contributed by atoms with Gasteiger partial charge in [0, 0.05) is 18.1 Å². The van der Waals surface area contributed by atoms with Gasteiger partial charge in [-0.2, -0.15) is 5.10 Å². The van der Waals surface area contributed by atoms with Crippen LogP contribution in [0, 0.1) is 13.8 Å². The summed E-state index contributed by atoms with van der Waals surface area (Å²) in [6, 6.07) is 5.51. The second-order valence-electron chi connectivity index (χ2n) is 3.72. The van der Waals surface area contributed by atoms with Crippen LogP contribution in [0.25, 0.3) is 0 Å². The minimum absolute atomic E-state index is 0. The minimum Gasteiger partial charge on any atom is -0.307 e. The Balaban J connectivity index is 0.00000324. The molecule has 0 saturated carbocycles. The molecule has 0 unspecified atom stereocenters. The van der Waals surface area contributed by atoms with Gasteiger partial charge in [0.15, 0.2) is 0 Å². The average molecular weight is 305 g/mol. The first-order chi connectivity index (χ1) is 8.65. The molecule has 1 aromatic rings. The summed E-state index contributed by atoms with van der Waals surface area (Å²) in [6.45, 7) is 4.44. The molecule has 0 fully saturated rings. The third kappa shape index (κ3) is 6.31. The Morgan fingerprint density at radius 1 is 1.37 bits per heavy atom. The zero-order valence-corrected chi connectivity index (χ0v) is 12.4. The average Bonchev–Trinajstić information content (AvgIpc) is 2.34. The molecule has 0 aliphatic heterocycles. The highest BCUT2D eigenvalue weighted by Crippen LogP contribution is 2.18. The van der Waals surface area contributed by atoms with Crippen LogP contribution in [-0.4, -0.2) is 24.8 Å². The van der Waals surface area contributed by atoms with E-state index in [0.29, 0.717) is 12.4 Å². The Hall–Kier alpha value is -1.46. The summed E-state index contributed by atoms with van der Waals surface area (Å²) < 4.78 is 0. The van der Waals surface area contributed by atoms with Crippen LogP contribution >= 0.6 is 24.0 Å². The zero-order valence-electron chi connectivity index (χ0n) is 10.9. The maximum Gasteiger partial charge on any atom is 0.324 e. The van der Waals surface area contributed by atoms with Crippen molar-refractivity contribution in [2.75, 3.05) is 17.7 Å². The first kappa shape index (κ1) is 17.5. The standard InChI is InChI=1S/C12H17ClN4O.ClH/c1-9-4-3-5-10(2)11(9)17-12(18)14-8-16-15-7-6-13;/h3-5,8,15H,6-7H2,1-2H3,(H2,14,16,17,18);1H. The van der Waals surface area contributed by atoms with Crippen molar-refractivity contribution in [1.29, 1.82) is 0 Å². The van der Waals surface area contributed by atoms with Crippen molar-refractivity contribution < 1.29 is 4.79 Å². The van der Waals surface area contributed by atoms with Crippen LogP contribution in [0.15, 0.2) is 23.3 Å². The Labute approximate surface area is 124 Å². The number of hydrogen-bond acceptors (Lipinski definition) is 3. The number of hydrazone groups is 1. The second-order valence-corrected chi connectivity index (χ2v) is 4.10. The molecule has 0 atom stereocenters. The van der Waals surface area contributed by atoms with Gasteiger partial charge in [-0.25, -0.2) is 4.79 Å². The number of carbonyl (C=O) groups is 1. The van der Waals surface area contributed by atoms with Crippen LogP contribution in [0.1, 0.15) is 11.1 Å². The van der Waals surface area contributed by atoms with Gasteiger partial charge >= 0.3 is 6.03 Å². The number of nitrogens with zero attached hydrogens (tertiary/aromatic N) is 1. The molecule has 19 heavy (non-hydrogen) atoms. The first-order valence-corrected chi connectivity index (χ1v) is 6.12. The van der Waals surface area contributed by atoms with E-state index in [-0.39, 0.29) is 18.4 Å². The van der Waals surface area contributed by atoms with Gasteiger partial charge in [0.2, 0.25) is 0 Å². The largest absolute Gasteiger partial charge is 0.324 e. The lowest BCUT2D eigenvalue weighted by Crippen LogP contribution is -2.29. The number of amides is 2. The van der Waals surface area contributed by atoms with Gasteiger partial charge < -0.3 is 10.7 Å². The van der Waals surface area contributed by atoms with Crippen LogP contribution in [-0.2, 0) is 0 Å². The molecule has 3 N–H and O–H groups in total. The molecule has 1 rings (SSSR count). The second kappa shape index (κ2) is 9.47. The highest BCUT2D eigenvalue weighted by molar-refractivity contribution is 6.18. The van der Waals surface area contributed by atoms with Crippen LogP contribution in [0.4, 0.5) is 10.5 Å². The fourth-order valence-corrected chi connectivity index (χ4v) is 1.49. The van der Waals surface area contributed by atoms with E-state index in [1.54, 1.807) is 0 Å². The predicted octanol–water partition coefficient (Wildman–Crippen LogP) is 2.62. The topological polar surface area (TPSA) is 65.5 Å². The molecule has 0 spiro atoms. The van der Waals surface area contributed by atoms with Gasteiger partial charge in [-0.05, 0) is 25.0 Å². The van der Waals surface area contributed by atoms with Gasteiger partial charge in [-0.1, -0.05) is 18.2 Å². The summed E-state index contributed by atoms with van der Waals surface area (Å²) >= 11 is 5.45. The predicted molar refractivity (Wildman–Crippen MR) is 82.5 cm³/mol. The smallest absolute Gasteiger partial charge is 0.307 e. The summed E-state index contributed by atoms with van der Waals surface area (Å²) in [5.74, 6) is 0.464. The number of carbonyl (C=O) groups excluding carboxylic acids is 1. The van der Waals surface area contributed by atoms with Crippen molar-refractivity contribution in [1.82, 2.24) is 10.7 Å². The van der Waals surface area contributed by atoms with Crippen molar-refractivity contribution >= 4 is 42.1 Å². The summed E-state index contributed by atoms with van der Waals surface area (Å²) in [6.07, 6.45) is 1.29. The number of benzene rings is 1. The lowest BCUT2D eigenvalue weighted by Gasteiger charge is -2.10. The van der Waals surface area contributed by atoms with E-state index in [1.165, 1.54) is 6.34 Å². The number of hydrogen-bond donors (Lipinski definition) is 3. The number of anilines is 1. The minimum atomic E-state index is -0.330. The molecule has 0 saturated heterocycles. The Kier molecular flexibility index (Phi) is 8.74.